The molecule has 0 aliphatic carbocycles. The van der Waals surface area contributed by atoms with Crippen LogP contribution in [0, 0.1) is 0 Å². The van der Waals surface area contributed by atoms with Gasteiger partial charge in [0.2, 0.25) is 0 Å². The van der Waals surface area contributed by atoms with Gasteiger partial charge in [0.25, 0.3) is 11.8 Å². The topological polar surface area (TPSA) is 117 Å². The van der Waals surface area contributed by atoms with Gasteiger partial charge in [-0.05, 0) is 31.5 Å². The fraction of sp³-hybridized carbons (Fsp3) is 0.438. The van der Waals surface area contributed by atoms with E-state index >= 15 is 0 Å². The quantitative estimate of drug-likeness (QED) is 0.672. The van der Waals surface area contributed by atoms with E-state index in [-0.39, 0.29) is 23.7 Å². The Kier molecular flexibility index (Phi) is 6.58. The molecule has 24 heavy (non-hydrogen) atoms. The number of nitrogens with one attached hydrogen (secondary N) is 1. The van der Waals surface area contributed by atoms with Crippen molar-refractivity contribution in [3.63, 3.8) is 0 Å². The Bertz CT molecular complexity index is 631. The van der Waals surface area contributed by atoms with Crippen LogP contribution in [0.1, 0.15) is 30.6 Å². The normalized spacial score (nSPS) is 12.7. The molecule has 1 atom stereocenters. The molecule has 8 heteroatoms. The maximum Gasteiger partial charge on any atom is 0.331 e. The Balaban J connectivity index is 2.99. The van der Waals surface area contributed by atoms with Crippen molar-refractivity contribution in [1.29, 1.82) is 0 Å². The average Bonchev–Trinajstić information content (AvgIpc) is 2.58. The Morgan fingerprint density at radius 3 is 2.38 bits per heavy atom. The van der Waals surface area contributed by atoms with E-state index in [0.29, 0.717) is 6.42 Å². The van der Waals surface area contributed by atoms with Crippen molar-refractivity contribution < 1.29 is 28.6 Å². The molecular weight excluding hydrogens is 316 g/mol. The van der Waals surface area contributed by atoms with E-state index in [2.05, 4.69) is 5.32 Å². The van der Waals surface area contributed by atoms with Gasteiger partial charge in [-0.3, -0.25) is 9.59 Å². The van der Waals surface area contributed by atoms with Crippen molar-refractivity contribution in [3.05, 3.63) is 23.8 Å². The summed E-state index contributed by atoms with van der Waals surface area (Å²) in [4.78, 5) is 35.0. The van der Waals surface area contributed by atoms with Crippen LogP contribution >= 0.6 is 0 Å². The fourth-order valence-electron chi connectivity index (χ4n) is 1.91. The zero-order valence-electron chi connectivity index (χ0n) is 14.2. The Hall–Kier alpha value is -2.77. The summed E-state index contributed by atoms with van der Waals surface area (Å²) in [6, 6.07) is 4.42. The van der Waals surface area contributed by atoms with E-state index in [1.54, 1.807) is 13.8 Å². The number of methoxy groups -OCH3 is 2. The number of primary amides is 1. The molecule has 0 saturated heterocycles. The predicted molar refractivity (Wildman–Crippen MR) is 85.9 cm³/mol. The molecule has 2 amide bonds. The molecule has 0 spiro atoms. The van der Waals surface area contributed by atoms with Gasteiger partial charge in [0.05, 0.1) is 14.2 Å². The second-order valence-electron chi connectivity index (χ2n) is 5.25. The van der Waals surface area contributed by atoms with Crippen LogP contribution in [0.2, 0.25) is 0 Å². The maximum absolute atomic E-state index is 12.4. The van der Waals surface area contributed by atoms with Crippen molar-refractivity contribution in [3.8, 4) is 11.5 Å². The van der Waals surface area contributed by atoms with Crippen LogP contribution in [0.4, 0.5) is 0 Å². The lowest BCUT2D eigenvalue weighted by Crippen LogP contribution is -2.52. The van der Waals surface area contributed by atoms with Crippen molar-refractivity contribution in [2.75, 3.05) is 20.8 Å². The summed E-state index contributed by atoms with van der Waals surface area (Å²) < 4.78 is 15.1. The third-order valence-corrected chi connectivity index (χ3v) is 3.53. The summed E-state index contributed by atoms with van der Waals surface area (Å²) in [6.07, 6.45) is 0.363. The minimum Gasteiger partial charge on any atom is -0.493 e. The van der Waals surface area contributed by atoms with E-state index in [9.17, 15) is 14.4 Å². The van der Waals surface area contributed by atoms with Gasteiger partial charge in [0.15, 0.2) is 18.1 Å². The van der Waals surface area contributed by atoms with Crippen LogP contribution < -0.4 is 20.5 Å². The highest BCUT2D eigenvalue weighted by Gasteiger charge is 2.34. The van der Waals surface area contributed by atoms with Gasteiger partial charge < -0.3 is 25.3 Å². The molecule has 0 radical (unpaired) electrons. The highest BCUT2D eigenvalue weighted by atomic mass is 16.5. The summed E-state index contributed by atoms with van der Waals surface area (Å²) in [5.74, 6) is -1.09. The molecular formula is C16H22N2O6. The highest BCUT2D eigenvalue weighted by Crippen LogP contribution is 2.28. The Labute approximate surface area is 140 Å². The van der Waals surface area contributed by atoms with E-state index in [1.807, 2.05) is 0 Å². The van der Waals surface area contributed by atoms with Gasteiger partial charge in [-0.2, -0.15) is 0 Å². The Morgan fingerprint density at radius 2 is 1.88 bits per heavy atom. The first kappa shape index (κ1) is 19.3. The summed E-state index contributed by atoms with van der Waals surface area (Å²) in [7, 11) is 2.66. The van der Waals surface area contributed by atoms with Gasteiger partial charge in [0.1, 0.15) is 5.54 Å². The number of carbonyl (C=O) groups is 3. The van der Waals surface area contributed by atoms with Crippen molar-refractivity contribution in [2.45, 2.75) is 25.8 Å². The maximum atomic E-state index is 12.4. The first-order valence-corrected chi connectivity index (χ1v) is 7.27. The lowest BCUT2D eigenvalue weighted by atomic mass is 9.98. The van der Waals surface area contributed by atoms with Crippen LogP contribution in [-0.4, -0.2) is 44.1 Å². The van der Waals surface area contributed by atoms with Crippen molar-refractivity contribution >= 4 is 17.8 Å². The molecule has 0 aliphatic rings. The summed E-state index contributed by atoms with van der Waals surface area (Å²) in [6.45, 7) is 3.04. The summed E-state index contributed by atoms with van der Waals surface area (Å²) in [5.41, 5.74) is 4.15. The molecule has 8 nitrogen and oxygen atoms in total. The Morgan fingerprint density at radius 1 is 1.21 bits per heavy atom. The third kappa shape index (κ3) is 4.61. The molecule has 1 aromatic rings. The number of hydrogen-bond acceptors (Lipinski definition) is 6. The van der Waals surface area contributed by atoms with E-state index < -0.39 is 23.3 Å². The SMILES string of the molecule is CC[C@@](C)(NC(=O)c1ccc(OCC(N)=O)c(OC)c1)C(=O)OC. The van der Waals surface area contributed by atoms with Crippen molar-refractivity contribution in [2.24, 2.45) is 5.73 Å². The number of hydrogen-bond donors (Lipinski definition) is 2. The molecule has 0 heterocycles. The number of ether oxygens (including phenoxy) is 3. The number of amides is 2. The van der Waals surface area contributed by atoms with Crippen LogP contribution in [0.25, 0.3) is 0 Å². The molecule has 0 aliphatic heterocycles. The molecule has 1 aromatic carbocycles. The monoisotopic (exact) mass is 338 g/mol. The molecule has 0 saturated carbocycles. The minimum atomic E-state index is -1.14. The molecule has 1 rings (SSSR count). The lowest BCUT2D eigenvalue weighted by Gasteiger charge is -2.26. The van der Waals surface area contributed by atoms with Crippen molar-refractivity contribution in [1.82, 2.24) is 5.32 Å². The first-order chi connectivity index (χ1) is 11.3. The van der Waals surface area contributed by atoms with Gasteiger partial charge in [-0.1, -0.05) is 6.92 Å². The average molecular weight is 338 g/mol. The second-order valence-corrected chi connectivity index (χ2v) is 5.25. The standard InChI is InChI=1S/C16H22N2O6/c1-5-16(2,15(21)23-4)18-14(20)10-6-7-11(12(8-10)22-3)24-9-13(17)19/h6-8H,5,9H2,1-4H3,(H2,17,19)(H,18,20)/t16-/m1/s1. The van der Waals surface area contributed by atoms with Crippen LogP contribution in [0.5, 0.6) is 11.5 Å². The smallest absolute Gasteiger partial charge is 0.331 e. The molecule has 0 fully saturated rings. The van der Waals surface area contributed by atoms with Crippen LogP contribution in [-0.2, 0) is 14.3 Å². The molecule has 132 valence electrons. The molecule has 0 aromatic heterocycles. The van der Waals surface area contributed by atoms with Gasteiger partial charge >= 0.3 is 5.97 Å². The number of esters is 1. The molecule has 0 bridgehead atoms. The van der Waals surface area contributed by atoms with E-state index in [4.69, 9.17) is 19.9 Å². The summed E-state index contributed by atoms with van der Waals surface area (Å²) in [5, 5.41) is 2.65. The zero-order chi connectivity index (χ0) is 18.3. The highest BCUT2D eigenvalue weighted by molar-refractivity contribution is 5.98. The van der Waals surface area contributed by atoms with E-state index in [0.717, 1.165) is 0 Å². The second kappa shape index (κ2) is 8.19. The number of nitrogens with two attached hydrogens (primary N) is 1. The number of benzene rings is 1. The lowest BCUT2D eigenvalue weighted by molar-refractivity contribution is -0.147. The van der Waals surface area contributed by atoms with Gasteiger partial charge in [0, 0.05) is 5.56 Å². The number of carbonyl (C=O) groups excluding carboxylic acids is 3. The minimum absolute atomic E-state index is 0.264. The van der Waals surface area contributed by atoms with Gasteiger partial charge in [-0.15, -0.1) is 0 Å². The largest absolute Gasteiger partial charge is 0.493 e. The van der Waals surface area contributed by atoms with E-state index in [1.165, 1.54) is 32.4 Å². The first-order valence-electron chi connectivity index (χ1n) is 7.27. The third-order valence-electron chi connectivity index (χ3n) is 3.53. The zero-order valence-corrected chi connectivity index (χ0v) is 14.2. The van der Waals surface area contributed by atoms with Crippen LogP contribution in [0.3, 0.4) is 0 Å². The number of rotatable bonds is 8. The molecule has 3 N–H and O–H groups in total. The van der Waals surface area contributed by atoms with Gasteiger partial charge in [-0.25, -0.2) is 4.79 Å². The molecule has 0 unspecified atom stereocenters. The fourth-order valence-corrected chi connectivity index (χ4v) is 1.91. The van der Waals surface area contributed by atoms with Crippen LogP contribution in [0.15, 0.2) is 18.2 Å². The predicted octanol–water partition coefficient (Wildman–Crippen LogP) is 0.631. The summed E-state index contributed by atoms with van der Waals surface area (Å²) >= 11 is 0.